The third-order valence-electron chi connectivity index (χ3n) is 5.47. The van der Waals surface area contributed by atoms with Crippen molar-refractivity contribution in [1.82, 2.24) is 10.2 Å². The Bertz CT molecular complexity index is 567. The molecule has 1 amide bonds. The molecule has 4 heteroatoms. The summed E-state index contributed by atoms with van der Waals surface area (Å²) in [6.07, 6.45) is 1.67. The standard InChI is InChI=1S/C21H34N2O2/c1-7-21(6,22-19(24)25-20(3,4)5)18-13-14-23(15-18)16(2)17-11-9-8-10-12-17/h8-12,16,18H,7,13-15H2,1-6H3,(H,22,24)/t16-,18-,21?/m1/s1. The molecule has 1 aliphatic rings. The molecule has 1 saturated heterocycles. The zero-order chi connectivity index (χ0) is 18.7. The van der Waals surface area contributed by atoms with Crippen molar-refractivity contribution in [2.24, 2.45) is 5.92 Å². The average Bonchev–Trinajstić information content (AvgIpc) is 3.03. The SMILES string of the molecule is CCC(C)(NC(=O)OC(C)(C)C)[C@@H]1CCN([C@H](C)c2ccccc2)C1. The van der Waals surface area contributed by atoms with E-state index in [0.29, 0.717) is 12.0 Å². The lowest BCUT2D eigenvalue weighted by Gasteiger charge is -2.37. The number of amides is 1. The molecule has 0 bridgehead atoms. The van der Waals surface area contributed by atoms with Crippen molar-refractivity contribution < 1.29 is 9.53 Å². The summed E-state index contributed by atoms with van der Waals surface area (Å²) in [5, 5.41) is 3.15. The van der Waals surface area contributed by atoms with Gasteiger partial charge in [-0.3, -0.25) is 4.90 Å². The van der Waals surface area contributed by atoms with Crippen LogP contribution in [0.5, 0.6) is 0 Å². The topological polar surface area (TPSA) is 41.6 Å². The number of nitrogens with one attached hydrogen (secondary N) is 1. The molecule has 1 aliphatic heterocycles. The van der Waals surface area contributed by atoms with E-state index in [1.807, 2.05) is 20.8 Å². The Morgan fingerprint density at radius 3 is 2.48 bits per heavy atom. The summed E-state index contributed by atoms with van der Waals surface area (Å²) in [7, 11) is 0. The summed E-state index contributed by atoms with van der Waals surface area (Å²) in [6, 6.07) is 11.0. The summed E-state index contributed by atoms with van der Waals surface area (Å²) < 4.78 is 5.47. The van der Waals surface area contributed by atoms with Crippen molar-refractivity contribution in [3.05, 3.63) is 35.9 Å². The van der Waals surface area contributed by atoms with E-state index < -0.39 is 5.60 Å². The Morgan fingerprint density at radius 2 is 1.92 bits per heavy atom. The molecule has 3 atom stereocenters. The van der Waals surface area contributed by atoms with Crippen LogP contribution in [0.15, 0.2) is 30.3 Å². The lowest BCUT2D eigenvalue weighted by atomic mass is 9.82. The first-order valence-corrected chi connectivity index (χ1v) is 9.45. The van der Waals surface area contributed by atoms with Crippen molar-refractivity contribution in [3.63, 3.8) is 0 Å². The first-order chi connectivity index (χ1) is 11.6. The summed E-state index contributed by atoms with van der Waals surface area (Å²) in [5.41, 5.74) is 0.636. The number of carbonyl (C=O) groups excluding carboxylic acids is 1. The van der Waals surface area contributed by atoms with Crippen LogP contribution < -0.4 is 5.32 Å². The molecule has 1 fully saturated rings. The zero-order valence-electron chi connectivity index (χ0n) is 16.6. The van der Waals surface area contributed by atoms with Crippen molar-refractivity contribution in [2.75, 3.05) is 13.1 Å². The highest BCUT2D eigenvalue weighted by molar-refractivity contribution is 5.68. The number of carbonyl (C=O) groups is 1. The number of hydrogen-bond acceptors (Lipinski definition) is 3. The fourth-order valence-corrected chi connectivity index (χ4v) is 3.62. The van der Waals surface area contributed by atoms with Crippen LogP contribution in [0, 0.1) is 5.92 Å². The number of hydrogen-bond donors (Lipinski definition) is 1. The van der Waals surface area contributed by atoms with Crippen LogP contribution in [0.25, 0.3) is 0 Å². The molecule has 1 aromatic rings. The molecule has 1 N–H and O–H groups in total. The van der Waals surface area contributed by atoms with E-state index in [1.165, 1.54) is 5.56 Å². The van der Waals surface area contributed by atoms with Gasteiger partial charge in [0, 0.05) is 18.1 Å². The van der Waals surface area contributed by atoms with Crippen LogP contribution in [-0.2, 0) is 4.74 Å². The maximum Gasteiger partial charge on any atom is 0.408 e. The molecule has 1 unspecified atom stereocenters. The summed E-state index contributed by atoms with van der Waals surface area (Å²) in [6.45, 7) is 14.3. The van der Waals surface area contributed by atoms with Gasteiger partial charge in [-0.1, -0.05) is 37.3 Å². The Hall–Kier alpha value is -1.55. The van der Waals surface area contributed by atoms with Crippen LogP contribution in [-0.4, -0.2) is 35.2 Å². The minimum absolute atomic E-state index is 0.243. The van der Waals surface area contributed by atoms with Crippen molar-refractivity contribution >= 4 is 6.09 Å². The molecule has 2 rings (SSSR count). The van der Waals surface area contributed by atoms with Gasteiger partial charge in [0.05, 0.1) is 0 Å². The van der Waals surface area contributed by atoms with E-state index in [2.05, 4.69) is 61.3 Å². The second-order valence-corrected chi connectivity index (χ2v) is 8.47. The third kappa shape index (κ3) is 5.21. The Balaban J connectivity index is 2.01. The van der Waals surface area contributed by atoms with Gasteiger partial charge in [-0.05, 0) is 65.5 Å². The lowest BCUT2D eigenvalue weighted by Crippen LogP contribution is -2.53. The van der Waals surface area contributed by atoms with Crippen LogP contribution >= 0.6 is 0 Å². The van der Waals surface area contributed by atoms with Gasteiger partial charge in [0.15, 0.2) is 0 Å². The molecule has 1 aromatic carbocycles. The molecule has 140 valence electrons. The van der Waals surface area contributed by atoms with Gasteiger partial charge in [-0.25, -0.2) is 4.79 Å². The Morgan fingerprint density at radius 1 is 1.28 bits per heavy atom. The van der Waals surface area contributed by atoms with Gasteiger partial charge in [0.1, 0.15) is 5.60 Å². The molecule has 1 heterocycles. The minimum Gasteiger partial charge on any atom is -0.444 e. The van der Waals surface area contributed by atoms with Crippen LogP contribution in [0.2, 0.25) is 0 Å². The van der Waals surface area contributed by atoms with Gasteiger partial charge in [0.2, 0.25) is 0 Å². The number of likely N-dealkylation sites (tertiary alicyclic amines) is 1. The van der Waals surface area contributed by atoms with Gasteiger partial charge in [0.25, 0.3) is 0 Å². The fraction of sp³-hybridized carbons (Fsp3) is 0.667. The summed E-state index contributed by atoms with van der Waals surface area (Å²) >= 11 is 0. The normalized spacial score (nSPS) is 22.2. The largest absolute Gasteiger partial charge is 0.444 e. The number of rotatable bonds is 5. The van der Waals surface area contributed by atoms with Crippen molar-refractivity contribution in [1.29, 1.82) is 0 Å². The van der Waals surface area contributed by atoms with Crippen LogP contribution in [0.1, 0.15) is 66.0 Å². The predicted molar refractivity (Wildman–Crippen MR) is 103 cm³/mol. The smallest absolute Gasteiger partial charge is 0.408 e. The van der Waals surface area contributed by atoms with E-state index in [1.54, 1.807) is 0 Å². The van der Waals surface area contributed by atoms with Crippen LogP contribution in [0.4, 0.5) is 4.79 Å². The summed E-state index contributed by atoms with van der Waals surface area (Å²) in [5.74, 6) is 0.427. The van der Waals surface area contributed by atoms with E-state index in [-0.39, 0.29) is 11.6 Å². The van der Waals surface area contributed by atoms with E-state index in [0.717, 1.165) is 25.9 Å². The lowest BCUT2D eigenvalue weighted by molar-refractivity contribution is 0.0416. The predicted octanol–water partition coefficient (Wildman–Crippen LogP) is 4.76. The summed E-state index contributed by atoms with van der Waals surface area (Å²) in [4.78, 5) is 14.8. The van der Waals surface area contributed by atoms with Crippen molar-refractivity contribution in [3.8, 4) is 0 Å². The number of alkyl carbamates (subject to hydrolysis) is 1. The molecule has 0 radical (unpaired) electrons. The third-order valence-corrected chi connectivity index (χ3v) is 5.47. The molecule has 0 saturated carbocycles. The highest BCUT2D eigenvalue weighted by Crippen LogP contribution is 2.34. The van der Waals surface area contributed by atoms with E-state index in [4.69, 9.17) is 4.74 Å². The Labute approximate surface area is 152 Å². The molecule has 0 aromatic heterocycles. The van der Waals surface area contributed by atoms with Gasteiger partial charge in [-0.2, -0.15) is 0 Å². The van der Waals surface area contributed by atoms with E-state index in [9.17, 15) is 4.79 Å². The maximum absolute atomic E-state index is 12.3. The number of ether oxygens (including phenoxy) is 1. The van der Waals surface area contributed by atoms with Crippen LogP contribution in [0.3, 0.4) is 0 Å². The molecular weight excluding hydrogens is 312 g/mol. The highest BCUT2D eigenvalue weighted by Gasteiger charge is 2.40. The molecule has 25 heavy (non-hydrogen) atoms. The second kappa shape index (κ2) is 7.77. The molecule has 0 spiro atoms. The van der Waals surface area contributed by atoms with Gasteiger partial charge < -0.3 is 10.1 Å². The van der Waals surface area contributed by atoms with Gasteiger partial charge in [-0.15, -0.1) is 0 Å². The highest BCUT2D eigenvalue weighted by atomic mass is 16.6. The molecule has 4 nitrogen and oxygen atoms in total. The van der Waals surface area contributed by atoms with E-state index >= 15 is 0 Å². The first kappa shape index (κ1) is 19.8. The first-order valence-electron chi connectivity index (χ1n) is 9.45. The number of benzene rings is 1. The molecule has 0 aliphatic carbocycles. The molecular formula is C21H34N2O2. The van der Waals surface area contributed by atoms with Crippen molar-refractivity contribution in [2.45, 2.75) is 71.6 Å². The minimum atomic E-state index is -0.470. The second-order valence-electron chi connectivity index (χ2n) is 8.47. The monoisotopic (exact) mass is 346 g/mol. The average molecular weight is 347 g/mol. The Kier molecular flexibility index (Phi) is 6.15. The fourth-order valence-electron chi connectivity index (χ4n) is 3.62. The maximum atomic E-state index is 12.3. The zero-order valence-corrected chi connectivity index (χ0v) is 16.6. The number of nitrogens with zero attached hydrogens (tertiary/aromatic N) is 1. The van der Waals surface area contributed by atoms with Gasteiger partial charge >= 0.3 is 6.09 Å². The quantitative estimate of drug-likeness (QED) is 0.835.